The zero-order chi connectivity index (χ0) is 19.1. The number of likely N-dealkylation sites (N-methyl/N-ethyl adjacent to an activating group) is 1. The van der Waals surface area contributed by atoms with Crippen LogP contribution >= 0.6 is 0 Å². The zero-order valence-electron chi connectivity index (χ0n) is 14.1. The number of hydrogen-bond acceptors (Lipinski definition) is 6. The van der Waals surface area contributed by atoms with Crippen LogP contribution < -0.4 is 5.32 Å². The van der Waals surface area contributed by atoms with Crippen molar-refractivity contribution in [3.63, 3.8) is 0 Å². The molecule has 8 nitrogen and oxygen atoms in total. The summed E-state index contributed by atoms with van der Waals surface area (Å²) in [7, 11) is 2.04. The highest BCUT2D eigenvalue weighted by Gasteiger charge is 2.17. The highest BCUT2D eigenvalue weighted by Crippen LogP contribution is 2.20. The smallest absolute Gasteiger partial charge is 0.290 e. The van der Waals surface area contributed by atoms with E-state index in [1.807, 2.05) is 7.05 Å². The number of rotatable bonds is 3. The Morgan fingerprint density at radius 1 is 1.46 bits per heavy atom. The molecule has 0 bridgehead atoms. The van der Waals surface area contributed by atoms with Crippen molar-refractivity contribution in [1.29, 1.82) is 0 Å². The van der Waals surface area contributed by atoms with Crippen molar-refractivity contribution in [2.45, 2.75) is 19.5 Å². The number of nitrogens with zero attached hydrogens (tertiary/aromatic N) is 3. The third-order valence-electron chi connectivity index (χ3n) is 3.81. The molecule has 9 heteroatoms. The van der Waals surface area contributed by atoms with Gasteiger partial charge in [0.15, 0.2) is 11.6 Å². The number of hydrogen-bond donors (Lipinski definition) is 3. The van der Waals surface area contributed by atoms with Crippen LogP contribution in [0.4, 0.5) is 4.39 Å². The van der Waals surface area contributed by atoms with Crippen LogP contribution in [-0.4, -0.2) is 51.1 Å². The van der Waals surface area contributed by atoms with Crippen molar-refractivity contribution in [2.24, 2.45) is 0 Å². The number of carboxylic acid groups (broad SMARTS) is 1. The summed E-state index contributed by atoms with van der Waals surface area (Å²) in [5.74, 6) is -1.55. The van der Waals surface area contributed by atoms with E-state index in [0.717, 1.165) is 36.8 Å². The minimum atomic E-state index is -0.827. The van der Waals surface area contributed by atoms with E-state index in [1.54, 1.807) is 6.20 Å². The molecular formula is C17H19FN4O4. The molecule has 138 valence electrons. The monoisotopic (exact) mass is 362 g/mol. The van der Waals surface area contributed by atoms with Gasteiger partial charge in [-0.15, -0.1) is 0 Å². The van der Waals surface area contributed by atoms with Crippen LogP contribution in [0.5, 0.6) is 5.75 Å². The number of nitrogens with one attached hydrogen (secondary N) is 1. The molecule has 0 spiro atoms. The molecule has 26 heavy (non-hydrogen) atoms. The molecule has 1 aliphatic heterocycles. The Morgan fingerprint density at radius 2 is 2.19 bits per heavy atom. The van der Waals surface area contributed by atoms with E-state index >= 15 is 0 Å². The number of phenols is 1. The van der Waals surface area contributed by atoms with Crippen molar-refractivity contribution < 1.29 is 24.2 Å². The summed E-state index contributed by atoms with van der Waals surface area (Å²) in [6, 6.07) is 3.82. The largest absolute Gasteiger partial charge is 0.504 e. The van der Waals surface area contributed by atoms with Crippen LogP contribution in [0.25, 0.3) is 0 Å². The van der Waals surface area contributed by atoms with E-state index in [9.17, 15) is 14.3 Å². The molecule has 0 aliphatic carbocycles. The number of benzene rings is 1. The van der Waals surface area contributed by atoms with Crippen molar-refractivity contribution in [2.75, 3.05) is 13.6 Å². The first kappa shape index (κ1) is 19.3. The van der Waals surface area contributed by atoms with Gasteiger partial charge in [-0.3, -0.25) is 9.59 Å². The minimum absolute atomic E-state index is 0.107. The predicted octanol–water partition coefficient (Wildman–Crippen LogP) is 0.940. The maximum Gasteiger partial charge on any atom is 0.290 e. The number of halogens is 1. The molecule has 0 saturated heterocycles. The van der Waals surface area contributed by atoms with Gasteiger partial charge in [-0.05, 0) is 19.2 Å². The first-order valence-corrected chi connectivity index (χ1v) is 7.82. The average Bonchev–Trinajstić information content (AvgIpc) is 2.62. The average molecular weight is 362 g/mol. The number of carbonyl (C=O) groups is 2. The van der Waals surface area contributed by atoms with Gasteiger partial charge < -0.3 is 20.4 Å². The number of para-hydroxylation sites is 1. The maximum absolute atomic E-state index is 13.3. The lowest BCUT2D eigenvalue weighted by atomic mass is 10.1. The molecule has 3 N–H and O–H groups in total. The van der Waals surface area contributed by atoms with Gasteiger partial charge in [0.25, 0.3) is 12.4 Å². The Kier molecular flexibility index (Phi) is 6.56. The van der Waals surface area contributed by atoms with Crippen molar-refractivity contribution >= 4 is 12.4 Å². The molecule has 1 aromatic heterocycles. The Hall–Kier alpha value is -3.07. The Balaban J connectivity index is 0.000000758. The number of aromatic nitrogens is 2. The van der Waals surface area contributed by atoms with Crippen LogP contribution in [0.15, 0.2) is 24.4 Å². The zero-order valence-corrected chi connectivity index (χ0v) is 14.1. The topological polar surface area (TPSA) is 116 Å². The van der Waals surface area contributed by atoms with E-state index in [-0.39, 0.29) is 18.6 Å². The molecule has 0 saturated carbocycles. The second-order valence-electron chi connectivity index (χ2n) is 5.67. The van der Waals surface area contributed by atoms with E-state index in [0.29, 0.717) is 5.82 Å². The highest BCUT2D eigenvalue weighted by atomic mass is 19.1. The molecule has 1 aromatic carbocycles. The molecule has 3 rings (SSSR count). The molecule has 1 amide bonds. The Labute approximate surface area is 149 Å². The van der Waals surface area contributed by atoms with E-state index in [2.05, 4.69) is 20.2 Å². The van der Waals surface area contributed by atoms with Gasteiger partial charge in [0.2, 0.25) is 0 Å². The lowest BCUT2D eigenvalue weighted by Crippen LogP contribution is -2.29. The van der Waals surface area contributed by atoms with Gasteiger partial charge in [0.1, 0.15) is 5.82 Å². The lowest BCUT2D eigenvalue weighted by molar-refractivity contribution is -0.122. The van der Waals surface area contributed by atoms with Crippen LogP contribution in [0.1, 0.15) is 27.4 Å². The Morgan fingerprint density at radius 3 is 2.92 bits per heavy atom. The maximum atomic E-state index is 13.3. The molecule has 2 heterocycles. The fourth-order valence-corrected chi connectivity index (χ4v) is 2.54. The van der Waals surface area contributed by atoms with E-state index in [4.69, 9.17) is 9.90 Å². The summed E-state index contributed by atoms with van der Waals surface area (Å²) in [6.45, 7) is 1.63. The van der Waals surface area contributed by atoms with Gasteiger partial charge in [0.05, 0.1) is 12.1 Å². The SMILES string of the molecule is CN1CCc2nc(CNC(=O)c3cccc(F)c3O)ncc2C1.O=CO. The van der Waals surface area contributed by atoms with Gasteiger partial charge >= 0.3 is 0 Å². The first-order valence-electron chi connectivity index (χ1n) is 7.82. The van der Waals surface area contributed by atoms with Crippen LogP contribution in [0.2, 0.25) is 0 Å². The summed E-state index contributed by atoms with van der Waals surface area (Å²) in [5.41, 5.74) is 1.98. The molecule has 0 radical (unpaired) electrons. The fraction of sp³-hybridized carbons (Fsp3) is 0.294. The summed E-state index contributed by atoms with van der Waals surface area (Å²) in [5, 5.41) is 19.1. The minimum Gasteiger partial charge on any atom is -0.504 e. The number of aromatic hydroxyl groups is 1. The summed E-state index contributed by atoms with van der Waals surface area (Å²) >= 11 is 0. The second-order valence-corrected chi connectivity index (χ2v) is 5.67. The molecule has 1 aliphatic rings. The summed E-state index contributed by atoms with van der Waals surface area (Å²) in [4.78, 5) is 31.3. The van der Waals surface area contributed by atoms with Gasteiger partial charge in [-0.1, -0.05) is 6.07 Å². The third-order valence-corrected chi connectivity index (χ3v) is 3.81. The first-order chi connectivity index (χ1) is 12.5. The standard InChI is InChI=1S/C16H17FN4O2.CH2O2/c1-21-6-5-13-10(9-21)7-18-14(20-13)8-19-16(23)11-3-2-4-12(17)15(11)22;2-1-3/h2-4,7,22H,5-6,8-9H2,1H3,(H,19,23);1H,(H,2,3). The highest BCUT2D eigenvalue weighted by molar-refractivity contribution is 5.96. The Bertz CT molecular complexity index is 800. The molecule has 0 fully saturated rings. The molecule has 0 unspecified atom stereocenters. The summed E-state index contributed by atoms with van der Waals surface area (Å²) in [6.07, 6.45) is 2.62. The number of amides is 1. The molecular weight excluding hydrogens is 343 g/mol. The second kappa shape index (κ2) is 8.86. The van der Waals surface area contributed by atoms with Crippen molar-refractivity contribution in [3.8, 4) is 5.75 Å². The van der Waals surface area contributed by atoms with Gasteiger partial charge in [0, 0.05) is 37.0 Å². The predicted molar refractivity (Wildman–Crippen MR) is 90.0 cm³/mol. The fourth-order valence-electron chi connectivity index (χ4n) is 2.54. The quantitative estimate of drug-likeness (QED) is 0.696. The van der Waals surface area contributed by atoms with Crippen molar-refractivity contribution in [1.82, 2.24) is 20.2 Å². The number of carbonyl (C=O) groups excluding carboxylic acids is 1. The van der Waals surface area contributed by atoms with Crippen molar-refractivity contribution in [3.05, 3.63) is 52.9 Å². The molecule has 2 aromatic rings. The van der Waals surface area contributed by atoms with E-state index in [1.165, 1.54) is 12.1 Å². The van der Waals surface area contributed by atoms with Crippen LogP contribution in [0.3, 0.4) is 0 Å². The van der Waals surface area contributed by atoms with E-state index < -0.39 is 17.5 Å². The number of fused-ring (bicyclic) bond motifs is 1. The summed E-state index contributed by atoms with van der Waals surface area (Å²) < 4.78 is 13.3. The van der Waals surface area contributed by atoms with Gasteiger partial charge in [-0.2, -0.15) is 0 Å². The lowest BCUT2D eigenvalue weighted by Gasteiger charge is -2.23. The van der Waals surface area contributed by atoms with Gasteiger partial charge in [-0.25, -0.2) is 14.4 Å². The molecule has 0 atom stereocenters. The third kappa shape index (κ3) is 4.73. The normalized spacial score (nSPS) is 13.2. The van der Waals surface area contributed by atoms with Crippen LogP contribution in [0, 0.1) is 5.82 Å². The van der Waals surface area contributed by atoms with Crippen LogP contribution in [-0.2, 0) is 24.3 Å². The number of phenolic OH excluding ortho intramolecular Hbond substituents is 1.